The van der Waals surface area contributed by atoms with E-state index in [1.165, 1.54) is 6.92 Å². The van der Waals surface area contributed by atoms with Gasteiger partial charge in [0.1, 0.15) is 12.4 Å². The number of ether oxygens (including phenoxy) is 1. The first kappa shape index (κ1) is 21.4. The van der Waals surface area contributed by atoms with Crippen LogP contribution in [0.5, 0.6) is 0 Å². The second-order valence-corrected chi connectivity index (χ2v) is 5.91. The van der Waals surface area contributed by atoms with E-state index >= 15 is 0 Å². The molecule has 1 unspecified atom stereocenters. The minimum absolute atomic E-state index is 0.00644. The van der Waals surface area contributed by atoms with Gasteiger partial charge in [0.2, 0.25) is 0 Å². The molecule has 0 aromatic heterocycles. The lowest BCUT2D eigenvalue weighted by molar-refractivity contribution is -0.106. The molecule has 2 aliphatic rings. The maximum absolute atomic E-state index is 11.9. The van der Waals surface area contributed by atoms with Crippen LogP contribution in [0, 0.1) is 0 Å². The first-order valence-electron chi connectivity index (χ1n) is 8.48. The van der Waals surface area contributed by atoms with E-state index < -0.39 is 0 Å². The van der Waals surface area contributed by atoms with Crippen LogP contribution in [0.3, 0.4) is 0 Å². The zero-order chi connectivity index (χ0) is 19.7. The number of nitrogens with zero attached hydrogens (tertiary/aromatic N) is 3. The molecule has 0 aliphatic carbocycles. The number of carbonyl (C=O) groups excluding carboxylic acids is 3. The molecule has 26 heavy (non-hydrogen) atoms. The van der Waals surface area contributed by atoms with Crippen molar-refractivity contribution in [1.82, 2.24) is 10.2 Å². The fourth-order valence-corrected chi connectivity index (χ4v) is 2.51. The standard InChI is InChI=1S/C14H17N3O3.C2H7N.C2H4O/c1-10-9-17(14(19)20-10)12-5-3-11(4-6-12)16-8-7-15(2)13(16)18;1-3-2;1-2-3/h3-6,10H,7-9H2,1-2H3;3H,1-2H3;2H,1H3. The highest BCUT2D eigenvalue weighted by Crippen LogP contribution is 2.26. The number of rotatable bonds is 2. The summed E-state index contributed by atoms with van der Waals surface area (Å²) in [5, 5.41) is 2.75. The van der Waals surface area contributed by atoms with Gasteiger partial charge in [-0.1, -0.05) is 0 Å². The summed E-state index contributed by atoms with van der Waals surface area (Å²) in [6.45, 7) is 5.29. The minimum Gasteiger partial charge on any atom is -0.444 e. The maximum Gasteiger partial charge on any atom is 0.414 e. The summed E-state index contributed by atoms with van der Waals surface area (Å²) >= 11 is 0. The number of benzene rings is 1. The molecule has 0 spiro atoms. The predicted molar refractivity (Wildman–Crippen MR) is 102 cm³/mol. The average molecular weight is 364 g/mol. The van der Waals surface area contributed by atoms with E-state index in [1.54, 1.807) is 21.7 Å². The Kier molecular flexibility index (Phi) is 8.57. The van der Waals surface area contributed by atoms with E-state index in [9.17, 15) is 9.59 Å². The van der Waals surface area contributed by atoms with E-state index in [2.05, 4.69) is 5.32 Å². The number of likely N-dealkylation sites (N-methyl/N-ethyl adjacent to an activating group) is 1. The summed E-state index contributed by atoms with van der Waals surface area (Å²) in [6.07, 6.45) is 0.346. The number of anilines is 2. The highest BCUT2D eigenvalue weighted by atomic mass is 16.6. The first-order valence-corrected chi connectivity index (χ1v) is 8.48. The van der Waals surface area contributed by atoms with E-state index in [0.717, 1.165) is 24.2 Å². The lowest BCUT2D eigenvalue weighted by atomic mass is 10.2. The van der Waals surface area contributed by atoms with Crippen molar-refractivity contribution in [3.8, 4) is 0 Å². The smallest absolute Gasteiger partial charge is 0.414 e. The first-order chi connectivity index (χ1) is 12.4. The molecule has 3 rings (SSSR count). The Morgan fingerprint density at radius 1 is 1.08 bits per heavy atom. The van der Waals surface area contributed by atoms with Crippen LogP contribution in [0.2, 0.25) is 0 Å². The fraction of sp³-hybridized carbons (Fsp3) is 0.500. The lowest BCUT2D eigenvalue weighted by Gasteiger charge is -2.18. The molecule has 1 aromatic rings. The number of aldehydes is 1. The number of cyclic esters (lactones) is 1. The number of nitrogens with one attached hydrogen (secondary N) is 1. The molecule has 1 atom stereocenters. The minimum atomic E-state index is -0.317. The van der Waals surface area contributed by atoms with Gasteiger partial charge in [-0.3, -0.25) is 9.80 Å². The number of carbonyl (C=O) groups is 3. The van der Waals surface area contributed by atoms with Crippen LogP contribution in [-0.4, -0.2) is 70.2 Å². The molecule has 2 aliphatic heterocycles. The van der Waals surface area contributed by atoms with Crippen LogP contribution in [0.1, 0.15) is 13.8 Å². The van der Waals surface area contributed by atoms with Crippen LogP contribution in [0.15, 0.2) is 24.3 Å². The average Bonchev–Trinajstić information content (AvgIpc) is 3.11. The molecule has 0 saturated carbocycles. The summed E-state index contributed by atoms with van der Waals surface area (Å²) in [6, 6.07) is 7.43. The monoisotopic (exact) mass is 364 g/mol. The topological polar surface area (TPSA) is 82.2 Å². The maximum atomic E-state index is 11.9. The molecular formula is C18H28N4O4. The van der Waals surface area contributed by atoms with Crippen molar-refractivity contribution in [2.24, 2.45) is 0 Å². The van der Waals surface area contributed by atoms with Gasteiger partial charge in [0.15, 0.2) is 0 Å². The van der Waals surface area contributed by atoms with Gasteiger partial charge in [-0.15, -0.1) is 0 Å². The van der Waals surface area contributed by atoms with Gasteiger partial charge >= 0.3 is 12.1 Å². The Morgan fingerprint density at radius 3 is 1.88 bits per heavy atom. The van der Waals surface area contributed by atoms with Crippen molar-refractivity contribution < 1.29 is 19.1 Å². The molecular weight excluding hydrogens is 336 g/mol. The fourth-order valence-electron chi connectivity index (χ4n) is 2.51. The summed E-state index contributed by atoms with van der Waals surface area (Å²) in [4.78, 5) is 37.4. The molecule has 8 nitrogen and oxygen atoms in total. The van der Waals surface area contributed by atoms with Crippen LogP contribution < -0.4 is 15.1 Å². The van der Waals surface area contributed by atoms with E-state index in [4.69, 9.17) is 9.53 Å². The third-order valence-electron chi connectivity index (χ3n) is 3.65. The van der Waals surface area contributed by atoms with Crippen molar-refractivity contribution in [2.75, 3.05) is 50.6 Å². The Labute approximate surface area is 154 Å². The molecule has 8 heteroatoms. The molecule has 144 valence electrons. The molecule has 0 radical (unpaired) electrons. The molecule has 1 N–H and O–H groups in total. The van der Waals surface area contributed by atoms with Crippen LogP contribution in [-0.2, 0) is 9.53 Å². The quantitative estimate of drug-likeness (QED) is 0.811. The van der Waals surface area contributed by atoms with Crippen molar-refractivity contribution in [3.63, 3.8) is 0 Å². The van der Waals surface area contributed by atoms with Crippen molar-refractivity contribution in [1.29, 1.82) is 0 Å². The van der Waals surface area contributed by atoms with E-state index in [1.807, 2.05) is 45.3 Å². The van der Waals surface area contributed by atoms with Crippen molar-refractivity contribution >= 4 is 29.8 Å². The molecule has 2 heterocycles. The van der Waals surface area contributed by atoms with E-state index in [0.29, 0.717) is 13.1 Å². The van der Waals surface area contributed by atoms with Gasteiger partial charge in [0.25, 0.3) is 0 Å². The Morgan fingerprint density at radius 2 is 1.54 bits per heavy atom. The summed E-state index contributed by atoms with van der Waals surface area (Å²) < 4.78 is 5.11. The zero-order valence-electron chi connectivity index (χ0n) is 16.1. The third-order valence-corrected chi connectivity index (χ3v) is 3.65. The summed E-state index contributed by atoms with van der Waals surface area (Å²) in [5.41, 5.74) is 1.65. The van der Waals surface area contributed by atoms with Crippen LogP contribution >= 0.6 is 0 Å². The van der Waals surface area contributed by atoms with Gasteiger partial charge in [-0.25, -0.2) is 9.59 Å². The molecule has 3 amide bonds. The molecule has 1 aromatic carbocycles. The van der Waals surface area contributed by atoms with E-state index in [-0.39, 0.29) is 18.2 Å². The SMILES string of the molecule is CC1CN(c2ccc(N3CCN(C)C3=O)cc2)C(=O)O1.CC=O.CNC. The molecule has 0 bridgehead atoms. The van der Waals surface area contributed by atoms with Gasteiger partial charge in [0.05, 0.1) is 6.54 Å². The molecule has 2 fully saturated rings. The van der Waals surface area contributed by atoms with Crippen molar-refractivity contribution in [3.05, 3.63) is 24.3 Å². The lowest BCUT2D eigenvalue weighted by Crippen LogP contribution is -2.29. The Hall–Kier alpha value is -2.61. The zero-order valence-corrected chi connectivity index (χ0v) is 16.1. The highest BCUT2D eigenvalue weighted by Gasteiger charge is 2.30. The summed E-state index contributed by atoms with van der Waals surface area (Å²) in [5.74, 6) is 0. The van der Waals surface area contributed by atoms with Gasteiger partial charge in [-0.2, -0.15) is 0 Å². The van der Waals surface area contributed by atoms with Crippen molar-refractivity contribution in [2.45, 2.75) is 20.0 Å². The second-order valence-electron chi connectivity index (χ2n) is 5.91. The van der Waals surface area contributed by atoms with Crippen LogP contribution in [0.4, 0.5) is 21.0 Å². The van der Waals surface area contributed by atoms with Gasteiger partial charge in [0, 0.05) is 31.5 Å². The summed E-state index contributed by atoms with van der Waals surface area (Å²) in [7, 11) is 5.54. The van der Waals surface area contributed by atoms with Gasteiger partial charge in [-0.05, 0) is 52.2 Å². The highest BCUT2D eigenvalue weighted by molar-refractivity contribution is 5.95. The molecule has 2 saturated heterocycles. The Balaban J connectivity index is 0.000000499. The third kappa shape index (κ3) is 5.45. The largest absolute Gasteiger partial charge is 0.444 e. The Bertz CT molecular complexity index is 585. The number of hydrogen-bond donors (Lipinski definition) is 1. The van der Waals surface area contributed by atoms with Gasteiger partial charge < -0.3 is 19.7 Å². The number of urea groups is 1. The number of amides is 3. The predicted octanol–water partition coefficient (Wildman–Crippen LogP) is 1.94. The second kappa shape index (κ2) is 10.4. The normalized spacial score (nSPS) is 18.7. The number of hydrogen-bond acceptors (Lipinski definition) is 5. The van der Waals surface area contributed by atoms with Crippen LogP contribution in [0.25, 0.3) is 0 Å².